The molecule has 2 bridgehead atoms. The molecule has 2 aliphatic rings. The van der Waals surface area contributed by atoms with Crippen LogP contribution in [-0.4, -0.2) is 26.1 Å². The van der Waals surface area contributed by atoms with E-state index in [1.807, 2.05) is 0 Å². The van der Waals surface area contributed by atoms with Gasteiger partial charge in [-0.1, -0.05) is 38.8 Å². The van der Waals surface area contributed by atoms with Crippen molar-refractivity contribution < 1.29 is 14.0 Å². The topological polar surface area (TPSA) is 27.7 Å². The van der Waals surface area contributed by atoms with Crippen LogP contribution in [0.3, 0.4) is 0 Å². The van der Waals surface area contributed by atoms with E-state index in [4.69, 9.17) is 14.0 Å². The first-order chi connectivity index (χ1) is 9.28. The fraction of sp³-hybridized carbons (Fsp3) is 0.867. The Hall–Kier alpha value is -0.315. The summed E-state index contributed by atoms with van der Waals surface area (Å²) in [4.78, 5) is 0. The zero-order chi connectivity index (χ0) is 13.6. The van der Waals surface area contributed by atoms with Crippen LogP contribution in [0.1, 0.15) is 58.8 Å². The lowest BCUT2D eigenvalue weighted by Gasteiger charge is -2.27. The third kappa shape index (κ3) is 4.33. The minimum absolute atomic E-state index is 0.103. The van der Waals surface area contributed by atoms with Crippen LogP contribution in [-0.2, 0) is 14.0 Å². The van der Waals surface area contributed by atoms with Crippen LogP contribution < -0.4 is 0 Å². The molecule has 0 N–H and O–H groups in total. The van der Waals surface area contributed by atoms with Crippen molar-refractivity contribution in [2.45, 2.75) is 64.4 Å². The minimum Gasteiger partial charge on any atom is -0.386 e. The summed E-state index contributed by atoms with van der Waals surface area (Å²) in [7, 11) is -0.486. The number of unbranched alkanes of at least 4 members (excludes halogenated alkanes) is 2. The molecule has 0 aromatic heterocycles. The number of rotatable bonds is 10. The summed E-state index contributed by atoms with van der Waals surface area (Å²) in [6, 6.07) is 0. The molecular weight excluding hydrogens is 239 g/mol. The normalized spacial score (nSPS) is 28.2. The quantitative estimate of drug-likeness (QED) is 0.342. The van der Waals surface area contributed by atoms with E-state index in [9.17, 15) is 0 Å². The first-order valence-electron chi connectivity index (χ1n) is 7.88. The van der Waals surface area contributed by atoms with E-state index >= 15 is 0 Å². The summed E-state index contributed by atoms with van der Waals surface area (Å²) in [6.07, 6.45) is 12.4. The molecular formula is C15H27BO3. The molecule has 2 unspecified atom stereocenters. The summed E-state index contributed by atoms with van der Waals surface area (Å²) in [5, 5.41) is 0. The van der Waals surface area contributed by atoms with Gasteiger partial charge in [0.15, 0.2) is 0 Å². The van der Waals surface area contributed by atoms with Gasteiger partial charge in [-0.15, -0.1) is 0 Å². The second-order valence-corrected chi connectivity index (χ2v) is 5.78. The van der Waals surface area contributed by atoms with Gasteiger partial charge in [0.25, 0.3) is 0 Å². The Bertz CT molecular complexity index is 285. The minimum atomic E-state index is -0.486. The molecule has 2 atom stereocenters. The number of hydrogen-bond donors (Lipinski definition) is 0. The second kappa shape index (κ2) is 7.46. The van der Waals surface area contributed by atoms with Gasteiger partial charge in [-0.05, 0) is 38.0 Å². The van der Waals surface area contributed by atoms with Gasteiger partial charge in [-0.3, -0.25) is 0 Å². The number of hydrogen-bond acceptors (Lipinski definition) is 3. The molecule has 0 aliphatic heterocycles. The molecule has 2 aliphatic carbocycles. The summed E-state index contributed by atoms with van der Waals surface area (Å²) >= 11 is 0. The molecule has 1 fully saturated rings. The third-order valence-corrected chi connectivity index (χ3v) is 4.05. The van der Waals surface area contributed by atoms with Crippen molar-refractivity contribution in [2.75, 3.05) is 13.2 Å². The maximum atomic E-state index is 6.15. The Morgan fingerprint density at radius 1 is 1.16 bits per heavy atom. The average molecular weight is 266 g/mol. The first kappa shape index (κ1) is 15.1. The van der Waals surface area contributed by atoms with E-state index in [1.165, 1.54) is 6.42 Å². The maximum Gasteiger partial charge on any atom is 0.640 e. The van der Waals surface area contributed by atoms with Crippen LogP contribution in [0.2, 0.25) is 0 Å². The predicted octanol–water partition coefficient (Wildman–Crippen LogP) is 3.73. The average Bonchev–Trinajstić information content (AvgIpc) is 2.99. The van der Waals surface area contributed by atoms with Gasteiger partial charge in [0.2, 0.25) is 0 Å². The van der Waals surface area contributed by atoms with Gasteiger partial charge in [0.05, 0.1) is 5.60 Å². The van der Waals surface area contributed by atoms with E-state index < -0.39 is 7.32 Å². The lowest BCUT2D eigenvalue weighted by molar-refractivity contribution is 0.0223. The van der Waals surface area contributed by atoms with Gasteiger partial charge < -0.3 is 14.0 Å². The molecule has 0 aromatic carbocycles. The van der Waals surface area contributed by atoms with E-state index in [0.717, 1.165) is 51.7 Å². The van der Waals surface area contributed by atoms with Crippen LogP contribution >= 0.6 is 0 Å². The van der Waals surface area contributed by atoms with Gasteiger partial charge >= 0.3 is 7.32 Å². The molecule has 0 amide bonds. The summed E-state index contributed by atoms with van der Waals surface area (Å²) < 4.78 is 17.7. The molecule has 0 saturated heterocycles. The van der Waals surface area contributed by atoms with Crippen LogP contribution in [0.4, 0.5) is 0 Å². The van der Waals surface area contributed by atoms with Crippen molar-refractivity contribution in [1.29, 1.82) is 0 Å². The van der Waals surface area contributed by atoms with Crippen molar-refractivity contribution >= 4 is 7.32 Å². The Kier molecular flexibility index (Phi) is 5.92. The monoisotopic (exact) mass is 266 g/mol. The highest BCUT2D eigenvalue weighted by Crippen LogP contribution is 2.45. The van der Waals surface area contributed by atoms with Gasteiger partial charge in [-0.25, -0.2) is 0 Å². The molecule has 0 spiro atoms. The fourth-order valence-corrected chi connectivity index (χ4v) is 2.81. The first-order valence-corrected chi connectivity index (χ1v) is 7.88. The smallest absolute Gasteiger partial charge is 0.386 e. The lowest BCUT2D eigenvalue weighted by atomic mass is 10.0. The van der Waals surface area contributed by atoms with Crippen LogP contribution in [0.5, 0.6) is 0 Å². The van der Waals surface area contributed by atoms with Crippen molar-refractivity contribution in [3.63, 3.8) is 0 Å². The summed E-state index contributed by atoms with van der Waals surface area (Å²) in [5.74, 6) is 0.715. The fourth-order valence-electron chi connectivity index (χ4n) is 2.81. The molecule has 1 saturated carbocycles. The Morgan fingerprint density at radius 2 is 1.84 bits per heavy atom. The molecule has 0 heterocycles. The molecule has 2 rings (SSSR count). The Morgan fingerprint density at radius 3 is 2.26 bits per heavy atom. The van der Waals surface area contributed by atoms with Crippen LogP contribution in [0.25, 0.3) is 0 Å². The predicted molar refractivity (Wildman–Crippen MR) is 77.8 cm³/mol. The van der Waals surface area contributed by atoms with E-state index in [2.05, 4.69) is 26.0 Å². The van der Waals surface area contributed by atoms with E-state index in [-0.39, 0.29) is 5.60 Å². The third-order valence-electron chi connectivity index (χ3n) is 4.05. The zero-order valence-corrected chi connectivity index (χ0v) is 12.4. The second-order valence-electron chi connectivity index (χ2n) is 5.78. The SMILES string of the molecule is CCCCOB(OCCCC)OC12C=CC(CC1)C2. The number of allylic oxidation sites excluding steroid dienone is 1. The highest BCUT2D eigenvalue weighted by molar-refractivity contribution is 6.36. The van der Waals surface area contributed by atoms with E-state index in [0.29, 0.717) is 5.92 Å². The van der Waals surface area contributed by atoms with Crippen molar-refractivity contribution in [2.24, 2.45) is 5.92 Å². The van der Waals surface area contributed by atoms with Gasteiger partial charge in [-0.2, -0.15) is 0 Å². The Balaban J connectivity index is 1.80. The summed E-state index contributed by atoms with van der Waals surface area (Å²) in [5.41, 5.74) is -0.103. The van der Waals surface area contributed by atoms with Gasteiger partial charge in [0, 0.05) is 13.2 Å². The van der Waals surface area contributed by atoms with Crippen LogP contribution in [0.15, 0.2) is 12.2 Å². The van der Waals surface area contributed by atoms with Crippen molar-refractivity contribution in [3.05, 3.63) is 12.2 Å². The molecule has 108 valence electrons. The Labute approximate surface area is 117 Å². The number of fused-ring (bicyclic) bond motifs is 2. The lowest BCUT2D eigenvalue weighted by Crippen LogP contribution is -2.38. The van der Waals surface area contributed by atoms with Crippen LogP contribution in [0, 0.1) is 5.92 Å². The highest BCUT2D eigenvalue weighted by atomic mass is 16.7. The maximum absolute atomic E-state index is 6.15. The standard InChI is InChI=1S/C15H27BO3/c1-3-5-11-17-16(18-12-6-4-2)19-15-9-7-14(13-15)8-10-15/h7,9,14H,3-6,8,10-13H2,1-2H3. The largest absolute Gasteiger partial charge is 0.640 e. The van der Waals surface area contributed by atoms with Gasteiger partial charge in [0.1, 0.15) is 0 Å². The molecule has 4 heteroatoms. The van der Waals surface area contributed by atoms with E-state index in [1.54, 1.807) is 0 Å². The van der Waals surface area contributed by atoms with Crippen molar-refractivity contribution in [3.8, 4) is 0 Å². The summed E-state index contributed by atoms with van der Waals surface area (Å²) in [6.45, 7) is 5.77. The highest BCUT2D eigenvalue weighted by Gasteiger charge is 2.45. The molecule has 0 aromatic rings. The molecule has 3 nitrogen and oxygen atoms in total. The zero-order valence-electron chi connectivity index (χ0n) is 12.4. The molecule has 0 radical (unpaired) electrons. The van der Waals surface area contributed by atoms with Crippen molar-refractivity contribution in [1.82, 2.24) is 0 Å². The molecule has 19 heavy (non-hydrogen) atoms.